The molecule has 2 N–H and O–H groups in total. The highest BCUT2D eigenvalue weighted by Gasteiger charge is 2.10. The average Bonchev–Trinajstić information content (AvgIpc) is 2.79. The number of aryl methyl sites for hydroxylation is 1. The number of guanidine groups is 1. The van der Waals surface area contributed by atoms with Crippen LogP contribution in [0.4, 0.5) is 5.69 Å². The second-order valence-corrected chi connectivity index (χ2v) is 7.43. The number of aromatic nitrogens is 1. The quantitative estimate of drug-likeness (QED) is 0.428. The van der Waals surface area contributed by atoms with E-state index in [0.717, 1.165) is 38.3 Å². The number of nitrogens with one attached hydrogen (secondary N) is 2. The number of hydrogen-bond acceptors (Lipinski definition) is 4. The van der Waals surface area contributed by atoms with Crippen molar-refractivity contribution in [2.24, 2.45) is 4.99 Å². The van der Waals surface area contributed by atoms with Crippen LogP contribution < -0.4 is 15.5 Å². The molecule has 0 saturated carbocycles. The van der Waals surface area contributed by atoms with Gasteiger partial charge in [-0.25, -0.2) is 4.99 Å². The maximum atomic E-state index is 12.5. The average molecular weight is 425 g/mol. The maximum absolute atomic E-state index is 12.5. The van der Waals surface area contributed by atoms with Gasteiger partial charge in [0.15, 0.2) is 5.96 Å². The fourth-order valence-corrected chi connectivity index (χ4v) is 3.17. The molecule has 2 rings (SSSR count). The fourth-order valence-electron chi connectivity index (χ4n) is 3.17. The van der Waals surface area contributed by atoms with Crippen LogP contribution in [0, 0.1) is 6.92 Å². The van der Waals surface area contributed by atoms with Crippen molar-refractivity contribution < 1.29 is 4.79 Å². The van der Waals surface area contributed by atoms with Gasteiger partial charge in [-0.2, -0.15) is 0 Å². The molecule has 0 unspecified atom stereocenters. The lowest BCUT2D eigenvalue weighted by Gasteiger charge is -2.24. The minimum absolute atomic E-state index is 0.0110. The largest absolute Gasteiger partial charge is 0.370 e. The monoisotopic (exact) mass is 424 g/mol. The molecule has 0 aliphatic rings. The molecule has 0 radical (unpaired) electrons. The number of benzene rings is 1. The highest BCUT2D eigenvalue weighted by atomic mass is 16.2. The number of carbonyl (C=O) groups excluding carboxylic acids is 1. The van der Waals surface area contributed by atoms with E-state index < -0.39 is 0 Å². The van der Waals surface area contributed by atoms with E-state index in [9.17, 15) is 4.79 Å². The number of rotatable bonds is 11. The lowest BCUT2D eigenvalue weighted by Crippen LogP contribution is -2.42. The van der Waals surface area contributed by atoms with Crippen molar-refractivity contribution >= 4 is 17.6 Å². The van der Waals surface area contributed by atoms with Crippen LogP contribution in [0.25, 0.3) is 0 Å². The summed E-state index contributed by atoms with van der Waals surface area (Å²) in [5, 5.41) is 6.55. The third-order valence-corrected chi connectivity index (χ3v) is 4.99. The molecule has 31 heavy (non-hydrogen) atoms. The normalized spacial score (nSPS) is 11.2. The van der Waals surface area contributed by atoms with Crippen LogP contribution in [0.3, 0.4) is 0 Å². The van der Waals surface area contributed by atoms with E-state index in [4.69, 9.17) is 0 Å². The number of hydrogen-bond donors (Lipinski definition) is 2. The molecule has 0 spiro atoms. The minimum Gasteiger partial charge on any atom is -0.370 e. The topological polar surface area (TPSA) is 72.9 Å². The van der Waals surface area contributed by atoms with Gasteiger partial charge in [0.1, 0.15) is 6.54 Å². The molecule has 1 aromatic heterocycles. The van der Waals surface area contributed by atoms with Gasteiger partial charge in [0.25, 0.3) is 0 Å². The molecule has 0 bridgehead atoms. The van der Waals surface area contributed by atoms with E-state index in [2.05, 4.69) is 63.6 Å². The molecule has 1 amide bonds. The maximum Gasteiger partial charge on any atom is 0.244 e. The summed E-state index contributed by atoms with van der Waals surface area (Å²) in [6.45, 7) is 10.3. The van der Waals surface area contributed by atoms with Gasteiger partial charge >= 0.3 is 0 Å². The van der Waals surface area contributed by atoms with Gasteiger partial charge in [0.05, 0.1) is 0 Å². The van der Waals surface area contributed by atoms with Crippen LogP contribution in [0.15, 0.2) is 53.7 Å². The fraction of sp³-hybridized carbons (Fsp3) is 0.458. The predicted molar refractivity (Wildman–Crippen MR) is 129 cm³/mol. The van der Waals surface area contributed by atoms with Crippen LogP contribution in [-0.4, -0.2) is 68.1 Å². The SMILES string of the molecule is CCNC(=NCC(=O)N(C)CCc1ccccn1)NCCN(CC)c1cccc(C)c1. The predicted octanol–water partition coefficient (Wildman–Crippen LogP) is 2.47. The highest BCUT2D eigenvalue weighted by molar-refractivity contribution is 5.84. The van der Waals surface area contributed by atoms with E-state index in [1.807, 2.05) is 32.2 Å². The van der Waals surface area contributed by atoms with Gasteiger partial charge in [-0.3, -0.25) is 9.78 Å². The Kier molecular flexibility index (Phi) is 10.3. The summed E-state index contributed by atoms with van der Waals surface area (Å²) in [4.78, 5) is 25.2. The van der Waals surface area contributed by atoms with Crippen molar-refractivity contribution in [3.63, 3.8) is 0 Å². The van der Waals surface area contributed by atoms with Crippen molar-refractivity contribution in [1.82, 2.24) is 20.5 Å². The van der Waals surface area contributed by atoms with Gasteiger partial charge in [-0.05, 0) is 50.6 Å². The molecule has 0 saturated heterocycles. The first-order chi connectivity index (χ1) is 15.0. The second-order valence-electron chi connectivity index (χ2n) is 7.43. The van der Waals surface area contributed by atoms with E-state index in [-0.39, 0.29) is 12.5 Å². The molecule has 168 valence electrons. The summed E-state index contributed by atoms with van der Waals surface area (Å²) >= 11 is 0. The van der Waals surface area contributed by atoms with E-state index in [1.165, 1.54) is 11.3 Å². The van der Waals surface area contributed by atoms with Crippen LogP contribution in [-0.2, 0) is 11.2 Å². The van der Waals surface area contributed by atoms with Crippen molar-refractivity contribution in [1.29, 1.82) is 0 Å². The second kappa shape index (κ2) is 13.3. The molecular weight excluding hydrogens is 388 g/mol. The van der Waals surface area contributed by atoms with Gasteiger partial charge in [-0.15, -0.1) is 0 Å². The van der Waals surface area contributed by atoms with E-state index >= 15 is 0 Å². The first-order valence-corrected chi connectivity index (χ1v) is 11.0. The molecule has 7 heteroatoms. The lowest BCUT2D eigenvalue weighted by molar-refractivity contribution is -0.128. The number of amides is 1. The van der Waals surface area contributed by atoms with Crippen molar-refractivity contribution in [3.8, 4) is 0 Å². The Hall–Kier alpha value is -3.09. The molecule has 1 aromatic carbocycles. The Labute approximate surface area is 186 Å². The van der Waals surface area contributed by atoms with Gasteiger partial charge in [0, 0.05) is 63.8 Å². The summed E-state index contributed by atoms with van der Waals surface area (Å²) in [7, 11) is 1.81. The Morgan fingerprint density at radius 3 is 2.61 bits per heavy atom. The van der Waals surface area contributed by atoms with Crippen LogP contribution in [0.2, 0.25) is 0 Å². The van der Waals surface area contributed by atoms with Crippen molar-refractivity contribution in [2.45, 2.75) is 27.2 Å². The minimum atomic E-state index is -0.0110. The Morgan fingerprint density at radius 2 is 1.94 bits per heavy atom. The zero-order valence-electron chi connectivity index (χ0n) is 19.3. The summed E-state index contributed by atoms with van der Waals surface area (Å²) in [6.07, 6.45) is 2.51. The van der Waals surface area contributed by atoms with E-state index in [1.54, 1.807) is 11.1 Å². The van der Waals surface area contributed by atoms with Crippen molar-refractivity contribution in [2.75, 3.05) is 51.2 Å². The number of aliphatic imine (C=N–C) groups is 1. The smallest absolute Gasteiger partial charge is 0.244 e. The van der Waals surface area contributed by atoms with Crippen LogP contribution >= 0.6 is 0 Å². The van der Waals surface area contributed by atoms with Crippen molar-refractivity contribution in [3.05, 3.63) is 59.9 Å². The lowest BCUT2D eigenvalue weighted by atomic mass is 10.2. The molecule has 7 nitrogen and oxygen atoms in total. The number of likely N-dealkylation sites (N-methyl/N-ethyl adjacent to an activating group) is 2. The Balaban J connectivity index is 1.82. The summed E-state index contributed by atoms with van der Waals surface area (Å²) in [5.41, 5.74) is 3.45. The Bertz CT molecular complexity index is 824. The van der Waals surface area contributed by atoms with Crippen LogP contribution in [0.5, 0.6) is 0 Å². The molecule has 0 aliphatic heterocycles. The number of anilines is 1. The summed E-state index contributed by atoms with van der Waals surface area (Å²) in [5.74, 6) is 0.650. The number of carbonyl (C=O) groups is 1. The van der Waals surface area contributed by atoms with E-state index in [0.29, 0.717) is 12.5 Å². The number of nitrogens with zero attached hydrogens (tertiary/aromatic N) is 4. The number of pyridine rings is 1. The van der Waals surface area contributed by atoms with Gasteiger partial charge in [-0.1, -0.05) is 18.2 Å². The molecule has 0 aliphatic carbocycles. The third-order valence-electron chi connectivity index (χ3n) is 4.99. The standard InChI is InChI=1S/C24H36N6O/c1-5-25-24(27-15-17-30(6-2)22-12-9-10-20(3)18-22)28-19-23(31)29(4)16-13-21-11-7-8-14-26-21/h7-12,14,18H,5-6,13,15-17,19H2,1-4H3,(H2,25,27,28). The summed E-state index contributed by atoms with van der Waals surface area (Å²) < 4.78 is 0. The first-order valence-electron chi connectivity index (χ1n) is 11.0. The van der Waals surface area contributed by atoms with Gasteiger partial charge < -0.3 is 20.4 Å². The third kappa shape index (κ3) is 8.66. The molecular formula is C24H36N6O. The molecule has 0 atom stereocenters. The molecule has 2 aromatic rings. The first kappa shape index (κ1) is 24.2. The Morgan fingerprint density at radius 1 is 1.10 bits per heavy atom. The zero-order chi connectivity index (χ0) is 22.5. The molecule has 0 fully saturated rings. The summed E-state index contributed by atoms with van der Waals surface area (Å²) in [6, 6.07) is 14.3. The highest BCUT2D eigenvalue weighted by Crippen LogP contribution is 2.14. The zero-order valence-corrected chi connectivity index (χ0v) is 19.3. The molecule has 1 heterocycles. The van der Waals surface area contributed by atoms with Crippen LogP contribution in [0.1, 0.15) is 25.1 Å². The van der Waals surface area contributed by atoms with Gasteiger partial charge in [0.2, 0.25) is 5.91 Å².